The Morgan fingerprint density at radius 2 is 1.84 bits per heavy atom. The third-order valence-corrected chi connectivity index (χ3v) is 5.17. The molecule has 0 aromatic rings. The van der Waals surface area contributed by atoms with Crippen LogP contribution in [0, 0.1) is 17.3 Å². The molecular formula is C16H29NO2. The summed E-state index contributed by atoms with van der Waals surface area (Å²) in [6, 6.07) is 0.920. The topological polar surface area (TPSA) is 40.5 Å². The van der Waals surface area contributed by atoms with Crippen LogP contribution in [0.2, 0.25) is 0 Å². The zero-order valence-corrected chi connectivity index (χ0v) is 12.9. The van der Waals surface area contributed by atoms with Gasteiger partial charge in [0.2, 0.25) is 0 Å². The van der Waals surface area contributed by atoms with Gasteiger partial charge in [0.1, 0.15) is 0 Å². The standard InChI is InChI=1S/C16H29NO2/c1-5-17(12-7-8-12)14-10-11(16(2,3)4)6-9-13(14)15(18)19/h11-14H,5-10H2,1-4H3,(H,18,19). The number of carboxylic acid groups (broad SMARTS) is 1. The van der Waals surface area contributed by atoms with Crippen molar-refractivity contribution in [3.63, 3.8) is 0 Å². The zero-order chi connectivity index (χ0) is 14.2. The van der Waals surface area contributed by atoms with Crippen molar-refractivity contribution in [2.45, 2.75) is 71.9 Å². The van der Waals surface area contributed by atoms with Gasteiger partial charge in [0, 0.05) is 12.1 Å². The molecule has 3 heteroatoms. The van der Waals surface area contributed by atoms with Gasteiger partial charge in [-0.05, 0) is 50.0 Å². The first-order chi connectivity index (χ1) is 8.84. The fraction of sp³-hybridized carbons (Fsp3) is 0.938. The first-order valence-electron chi connectivity index (χ1n) is 7.83. The fourth-order valence-electron chi connectivity index (χ4n) is 3.76. The third-order valence-electron chi connectivity index (χ3n) is 5.17. The Morgan fingerprint density at radius 1 is 1.21 bits per heavy atom. The van der Waals surface area contributed by atoms with E-state index in [1.807, 2.05) is 0 Å². The largest absolute Gasteiger partial charge is 0.481 e. The van der Waals surface area contributed by atoms with Crippen LogP contribution >= 0.6 is 0 Å². The molecule has 0 spiro atoms. The molecule has 0 aliphatic heterocycles. The second-order valence-corrected chi connectivity index (χ2v) is 7.45. The summed E-state index contributed by atoms with van der Waals surface area (Å²) in [5.74, 6) is -0.0866. The highest BCUT2D eigenvalue weighted by molar-refractivity contribution is 5.71. The molecule has 2 fully saturated rings. The minimum Gasteiger partial charge on any atom is -0.481 e. The maximum atomic E-state index is 11.6. The van der Waals surface area contributed by atoms with Crippen molar-refractivity contribution in [2.75, 3.05) is 6.54 Å². The predicted molar refractivity (Wildman–Crippen MR) is 77.1 cm³/mol. The molecular weight excluding hydrogens is 238 g/mol. The van der Waals surface area contributed by atoms with Gasteiger partial charge in [0.15, 0.2) is 0 Å². The van der Waals surface area contributed by atoms with Gasteiger partial charge >= 0.3 is 5.97 Å². The van der Waals surface area contributed by atoms with E-state index in [0.717, 1.165) is 25.8 Å². The SMILES string of the molecule is CCN(C1CC1)C1CC(C(C)(C)C)CCC1C(=O)O. The van der Waals surface area contributed by atoms with Crippen LogP contribution in [0.3, 0.4) is 0 Å². The van der Waals surface area contributed by atoms with Gasteiger partial charge in [0.25, 0.3) is 0 Å². The van der Waals surface area contributed by atoms with Crippen molar-refractivity contribution >= 4 is 5.97 Å². The lowest BCUT2D eigenvalue weighted by Crippen LogP contribution is -2.49. The van der Waals surface area contributed by atoms with Crippen LogP contribution in [0.5, 0.6) is 0 Å². The molecule has 19 heavy (non-hydrogen) atoms. The van der Waals surface area contributed by atoms with Gasteiger partial charge < -0.3 is 5.11 Å². The monoisotopic (exact) mass is 267 g/mol. The quantitative estimate of drug-likeness (QED) is 0.849. The van der Waals surface area contributed by atoms with E-state index in [-0.39, 0.29) is 12.0 Å². The van der Waals surface area contributed by atoms with Crippen molar-refractivity contribution in [3.8, 4) is 0 Å². The molecule has 0 aromatic heterocycles. The Hall–Kier alpha value is -0.570. The number of hydrogen-bond donors (Lipinski definition) is 1. The first kappa shape index (κ1) is 14.8. The van der Waals surface area contributed by atoms with Crippen molar-refractivity contribution in [3.05, 3.63) is 0 Å². The van der Waals surface area contributed by atoms with Crippen molar-refractivity contribution in [2.24, 2.45) is 17.3 Å². The molecule has 2 aliphatic carbocycles. The summed E-state index contributed by atoms with van der Waals surface area (Å²) >= 11 is 0. The Labute approximate surface area is 117 Å². The second-order valence-electron chi connectivity index (χ2n) is 7.45. The Kier molecular flexibility index (Phi) is 4.24. The van der Waals surface area contributed by atoms with Gasteiger partial charge in [-0.15, -0.1) is 0 Å². The number of carbonyl (C=O) groups is 1. The Bertz CT molecular complexity index is 330. The van der Waals surface area contributed by atoms with E-state index >= 15 is 0 Å². The zero-order valence-electron chi connectivity index (χ0n) is 12.9. The average Bonchev–Trinajstić information content (AvgIpc) is 3.13. The van der Waals surface area contributed by atoms with E-state index < -0.39 is 5.97 Å². The number of carboxylic acids is 1. The van der Waals surface area contributed by atoms with Gasteiger partial charge in [-0.3, -0.25) is 9.69 Å². The molecule has 0 aromatic carbocycles. The van der Waals surface area contributed by atoms with Gasteiger partial charge in [-0.25, -0.2) is 0 Å². The number of nitrogens with zero attached hydrogens (tertiary/aromatic N) is 1. The van der Waals surface area contributed by atoms with Crippen LogP contribution in [0.15, 0.2) is 0 Å². The Morgan fingerprint density at radius 3 is 2.26 bits per heavy atom. The van der Waals surface area contributed by atoms with E-state index in [9.17, 15) is 9.90 Å². The maximum Gasteiger partial charge on any atom is 0.308 e. The van der Waals surface area contributed by atoms with Crippen LogP contribution in [0.1, 0.15) is 59.8 Å². The minimum absolute atomic E-state index is 0.154. The summed E-state index contributed by atoms with van der Waals surface area (Å²) in [5, 5.41) is 9.52. The highest BCUT2D eigenvalue weighted by Gasteiger charge is 2.44. The van der Waals surface area contributed by atoms with Crippen molar-refractivity contribution in [1.82, 2.24) is 4.90 Å². The Balaban J connectivity index is 2.14. The minimum atomic E-state index is -0.587. The van der Waals surface area contributed by atoms with Crippen LogP contribution in [-0.2, 0) is 4.79 Å². The van der Waals surface area contributed by atoms with Crippen LogP contribution in [0.25, 0.3) is 0 Å². The summed E-state index contributed by atoms with van der Waals surface area (Å²) in [5.41, 5.74) is 0.296. The van der Waals surface area contributed by atoms with E-state index in [0.29, 0.717) is 17.4 Å². The predicted octanol–water partition coefficient (Wildman–Crippen LogP) is 3.39. The van der Waals surface area contributed by atoms with Gasteiger partial charge in [-0.1, -0.05) is 27.7 Å². The molecule has 110 valence electrons. The van der Waals surface area contributed by atoms with Crippen molar-refractivity contribution < 1.29 is 9.90 Å². The molecule has 0 amide bonds. The van der Waals surface area contributed by atoms with Gasteiger partial charge in [0.05, 0.1) is 5.92 Å². The first-order valence-corrected chi connectivity index (χ1v) is 7.83. The summed E-state index contributed by atoms with van der Waals surface area (Å²) in [4.78, 5) is 14.0. The fourth-order valence-corrected chi connectivity index (χ4v) is 3.76. The van der Waals surface area contributed by atoms with E-state index in [4.69, 9.17) is 0 Å². The van der Waals surface area contributed by atoms with Crippen LogP contribution in [0.4, 0.5) is 0 Å². The lowest BCUT2D eigenvalue weighted by Gasteiger charge is -2.45. The number of aliphatic carboxylic acids is 1. The highest BCUT2D eigenvalue weighted by atomic mass is 16.4. The molecule has 0 bridgehead atoms. The molecule has 0 radical (unpaired) electrons. The molecule has 1 N–H and O–H groups in total. The average molecular weight is 267 g/mol. The molecule has 2 rings (SSSR count). The normalized spacial score (nSPS) is 32.6. The summed E-state index contributed by atoms with van der Waals surface area (Å²) < 4.78 is 0. The lowest BCUT2D eigenvalue weighted by molar-refractivity contribution is -0.147. The molecule has 3 atom stereocenters. The molecule has 3 unspecified atom stereocenters. The second kappa shape index (κ2) is 5.43. The van der Waals surface area contributed by atoms with E-state index in [2.05, 4.69) is 32.6 Å². The molecule has 2 saturated carbocycles. The molecule has 3 nitrogen and oxygen atoms in total. The van der Waals surface area contributed by atoms with Crippen LogP contribution < -0.4 is 0 Å². The summed E-state index contributed by atoms with van der Waals surface area (Å²) in [6.07, 6.45) is 5.50. The van der Waals surface area contributed by atoms with Crippen LogP contribution in [-0.4, -0.2) is 34.6 Å². The lowest BCUT2D eigenvalue weighted by atomic mass is 9.67. The van der Waals surface area contributed by atoms with Gasteiger partial charge in [-0.2, -0.15) is 0 Å². The summed E-state index contributed by atoms with van der Waals surface area (Å²) in [6.45, 7) is 10.1. The molecule has 2 aliphatic rings. The number of hydrogen-bond acceptors (Lipinski definition) is 2. The smallest absolute Gasteiger partial charge is 0.308 e. The third kappa shape index (κ3) is 3.31. The molecule has 0 saturated heterocycles. The number of rotatable bonds is 4. The highest BCUT2D eigenvalue weighted by Crippen LogP contribution is 2.44. The van der Waals surface area contributed by atoms with E-state index in [1.54, 1.807) is 0 Å². The van der Waals surface area contributed by atoms with Crippen molar-refractivity contribution in [1.29, 1.82) is 0 Å². The maximum absolute atomic E-state index is 11.6. The summed E-state index contributed by atoms with van der Waals surface area (Å²) in [7, 11) is 0. The van der Waals surface area contributed by atoms with E-state index in [1.165, 1.54) is 12.8 Å². The molecule has 0 heterocycles.